The molecule has 1 aromatic carbocycles. The maximum atomic E-state index is 12.2. The molecule has 1 aliphatic heterocycles. The molecule has 2 rings (SSSR count). The minimum absolute atomic E-state index is 0.0110. The molecule has 1 aromatic rings. The van der Waals surface area contributed by atoms with Gasteiger partial charge in [0.2, 0.25) is 5.91 Å². The predicted octanol–water partition coefficient (Wildman–Crippen LogP) is 1.86. The Bertz CT molecular complexity index is 453. The largest absolute Gasteiger partial charge is 0.379 e. The van der Waals surface area contributed by atoms with Crippen LogP contribution in [-0.4, -0.2) is 32.2 Å². The van der Waals surface area contributed by atoms with Crippen LogP contribution in [0.4, 0.5) is 0 Å². The van der Waals surface area contributed by atoms with E-state index in [0.717, 1.165) is 10.0 Å². The molecule has 1 fully saturated rings. The molecule has 1 aliphatic rings. The summed E-state index contributed by atoms with van der Waals surface area (Å²) >= 11 is 3.44. The summed E-state index contributed by atoms with van der Waals surface area (Å²) in [6.45, 7) is 3.08. The van der Waals surface area contributed by atoms with Crippen LogP contribution in [0.3, 0.4) is 0 Å². The van der Waals surface area contributed by atoms with Crippen LogP contribution in [0.2, 0.25) is 0 Å². The van der Waals surface area contributed by atoms with Crippen molar-refractivity contribution in [3.63, 3.8) is 0 Å². The molecule has 5 heteroatoms. The molecule has 1 saturated heterocycles. The molecule has 1 amide bonds. The smallest absolute Gasteiger partial charge is 0.227 e. The van der Waals surface area contributed by atoms with E-state index in [1.165, 1.54) is 0 Å². The molecule has 1 heterocycles. The van der Waals surface area contributed by atoms with Crippen LogP contribution in [0.1, 0.15) is 18.5 Å². The molecule has 0 aliphatic carbocycles. The van der Waals surface area contributed by atoms with Gasteiger partial charge in [0.1, 0.15) is 0 Å². The number of halogens is 1. The molecular weight excluding hydrogens is 308 g/mol. The van der Waals surface area contributed by atoms with E-state index < -0.39 is 0 Å². The van der Waals surface area contributed by atoms with Gasteiger partial charge in [-0.2, -0.15) is 0 Å². The summed E-state index contributed by atoms with van der Waals surface area (Å²) in [5.74, 6) is -0.0658. The Hall–Kier alpha value is -0.910. The Morgan fingerprint density at radius 2 is 2.26 bits per heavy atom. The third kappa shape index (κ3) is 3.55. The Morgan fingerprint density at radius 1 is 1.47 bits per heavy atom. The molecule has 4 nitrogen and oxygen atoms in total. The molecule has 3 atom stereocenters. The molecule has 0 radical (unpaired) electrons. The van der Waals surface area contributed by atoms with Crippen LogP contribution in [0, 0.1) is 5.92 Å². The Balaban J connectivity index is 1.98. The molecule has 0 aromatic heterocycles. The lowest BCUT2D eigenvalue weighted by Gasteiger charge is -2.20. The van der Waals surface area contributed by atoms with Gasteiger partial charge in [0.15, 0.2) is 0 Å². The van der Waals surface area contributed by atoms with Crippen molar-refractivity contribution in [1.29, 1.82) is 0 Å². The van der Waals surface area contributed by atoms with E-state index >= 15 is 0 Å². The standard InChI is InChI=1S/C14H19BrN2O2/c1-9(10-4-3-5-11(15)6-10)17-14(18)12-7-19-8-13(12)16-2/h3-6,9,12-13,16H,7-8H2,1-2H3,(H,17,18)/t9-,12?,13?/m1/s1. The maximum absolute atomic E-state index is 12.2. The third-order valence-electron chi connectivity index (χ3n) is 3.50. The maximum Gasteiger partial charge on any atom is 0.227 e. The van der Waals surface area contributed by atoms with Gasteiger partial charge in [0, 0.05) is 10.5 Å². The second kappa shape index (κ2) is 6.50. The summed E-state index contributed by atoms with van der Waals surface area (Å²) in [4.78, 5) is 12.2. The van der Waals surface area contributed by atoms with Crippen LogP contribution in [0.15, 0.2) is 28.7 Å². The first-order valence-corrected chi connectivity index (χ1v) is 7.22. The van der Waals surface area contributed by atoms with Crippen molar-refractivity contribution in [1.82, 2.24) is 10.6 Å². The zero-order chi connectivity index (χ0) is 13.8. The number of ether oxygens (including phenoxy) is 1. The minimum Gasteiger partial charge on any atom is -0.379 e. The Kier molecular flexibility index (Phi) is 4.96. The second-order valence-corrected chi connectivity index (χ2v) is 5.74. The van der Waals surface area contributed by atoms with E-state index in [2.05, 4.69) is 26.6 Å². The number of likely N-dealkylation sites (N-methyl/N-ethyl adjacent to an activating group) is 1. The third-order valence-corrected chi connectivity index (χ3v) is 3.99. The molecule has 2 unspecified atom stereocenters. The highest BCUT2D eigenvalue weighted by Crippen LogP contribution is 2.20. The lowest BCUT2D eigenvalue weighted by Crippen LogP contribution is -2.43. The summed E-state index contributed by atoms with van der Waals surface area (Å²) in [5, 5.41) is 6.17. The first-order valence-electron chi connectivity index (χ1n) is 6.42. The lowest BCUT2D eigenvalue weighted by molar-refractivity contribution is -0.126. The number of hydrogen-bond acceptors (Lipinski definition) is 3. The molecule has 104 valence electrons. The SMILES string of the molecule is CNC1COCC1C(=O)N[C@H](C)c1cccc(Br)c1. The average molecular weight is 327 g/mol. The van der Waals surface area contributed by atoms with E-state index in [0.29, 0.717) is 13.2 Å². The number of carbonyl (C=O) groups is 1. The van der Waals surface area contributed by atoms with Crippen molar-refractivity contribution >= 4 is 21.8 Å². The molecule has 0 saturated carbocycles. The number of amides is 1. The molecule has 19 heavy (non-hydrogen) atoms. The number of hydrogen-bond donors (Lipinski definition) is 2. The fraction of sp³-hybridized carbons (Fsp3) is 0.500. The van der Waals surface area contributed by atoms with Gasteiger partial charge in [0.25, 0.3) is 0 Å². The van der Waals surface area contributed by atoms with E-state index in [1.807, 2.05) is 38.2 Å². The number of nitrogens with one attached hydrogen (secondary N) is 2. The van der Waals surface area contributed by atoms with E-state index in [-0.39, 0.29) is 23.9 Å². The highest BCUT2D eigenvalue weighted by atomic mass is 79.9. The fourth-order valence-electron chi connectivity index (χ4n) is 2.28. The fourth-order valence-corrected chi connectivity index (χ4v) is 2.69. The quantitative estimate of drug-likeness (QED) is 0.888. The van der Waals surface area contributed by atoms with Crippen molar-refractivity contribution < 1.29 is 9.53 Å². The lowest BCUT2D eigenvalue weighted by atomic mass is 10.0. The normalized spacial score (nSPS) is 24.2. The first-order chi connectivity index (χ1) is 9.11. The van der Waals surface area contributed by atoms with Gasteiger partial charge < -0.3 is 15.4 Å². The first kappa shape index (κ1) is 14.5. The molecular formula is C14H19BrN2O2. The van der Waals surface area contributed by atoms with E-state index in [9.17, 15) is 4.79 Å². The Morgan fingerprint density at radius 3 is 2.95 bits per heavy atom. The topological polar surface area (TPSA) is 50.4 Å². The van der Waals surface area contributed by atoms with Gasteiger partial charge in [-0.25, -0.2) is 0 Å². The summed E-state index contributed by atoms with van der Waals surface area (Å²) in [6.07, 6.45) is 0. The van der Waals surface area contributed by atoms with Crippen molar-refractivity contribution in [3.05, 3.63) is 34.3 Å². The second-order valence-electron chi connectivity index (χ2n) is 4.82. The van der Waals surface area contributed by atoms with Gasteiger partial charge in [-0.15, -0.1) is 0 Å². The minimum atomic E-state index is -0.111. The van der Waals surface area contributed by atoms with Gasteiger partial charge in [-0.1, -0.05) is 28.1 Å². The monoisotopic (exact) mass is 326 g/mol. The number of carbonyl (C=O) groups excluding carboxylic acids is 1. The summed E-state index contributed by atoms with van der Waals surface area (Å²) < 4.78 is 6.37. The summed E-state index contributed by atoms with van der Waals surface area (Å²) in [5.41, 5.74) is 1.09. The van der Waals surface area contributed by atoms with E-state index in [4.69, 9.17) is 4.74 Å². The summed E-state index contributed by atoms with van der Waals surface area (Å²) in [6, 6.07) is 8.07. The molecule has 0 spiro atoms. The van der Waals surface area contributed by atoms with Crippen LogP contribution >= 0.6 is 15.9 Å². The highest BCUT2D eigenvalue weighted by molar-refractivity contribution is 9.10. The number of rotatable bonds is 4. The number of benzene rings is 1. The average Bonchev–Trinajstić information content (AvgIpc) is 2.87. The van der Waals surface area contributed by atoms with Crippen molar-refractivity contribution in [2.75, 3.05) is 20.3 Å². The van der Waals surface area contributed by atoms with E-state index in [1.54, 1.807) is 0 Å². The molecule has 2 N–H and O–H groups in total. The van der Waals surface area contributed by atoms with Gasteiger partial charge >= 0.3 is 0 Å². The predicted molar refractivity (Wildman–Crippen MR) is 77.9 cm³/mol. The van der Waals surface area contributed by atoms with Crippen LogP contribution in [0.25, 0.3) is 0 Å². The summed E-state index contributed by atoms with van der Waals surface area (Å²) in [7, 11) is 1.86. The van der Waals surface area contributed by atoms with Crippen molar-refractivity contribution in [2.24, 2.45) is 5.92 Å². The van der Waals surface area contributed by atoms with Crippen LogP contribution in [0.5, 0.6) is 0 Å². The van der Waals surface area contributed by atoms with Crippen molar-refractivity contribution in [3.8, 4) is 0 Å². The Labute approximate surface area is 122 Å². The zero-order valence-electron chi connectivity index (χ0n) is 11.2. The molecule has 0 bridgehead atoms. The van der Waals surface area contributed by atoms with Gasteiger partial charge in [-0.3, -0.25) is 4.79 Å². The highest BCUT2D eigenvalue weighted by Gasteiger charge is 2.33. The van der Waals surface area contributed by atoms with Crippen molar-refractivity contribution in [2.45, 2.75) is 19.0 Å². The van der Waals surface area contributed by atoms with Crippen LogP contribution < -0.4 is 10.6 Å². The van der Waals surface area contributed by atoms with Gasteiger partial charge in [0.05, 0.1) is 25.2 Å². The zero-order valence-corrected chi connectivity index (χ0v) is 12.7. The van der Waals surface area contributed by atoms with Crippen LogP contribution in [-0.2, 0) is 9.53 Å². The van der Waals surface area contributed by atoms with Gasteiger partial charge in [-0.05, 0) is 31.7 Å².